The number of aliphatic hydroxyl groups excluding tert-OH is 1. The van der Waals surface area contributed by atoms with E-state index in [0.29, 0.717) is 25.4 Å². The Morgan fingerprint density at radius 2 is 2.16 bits per heavy atom. The van der Waals surface area contributed by atoms with E-state index in [4.69, 9.17) is 9.52 Å². The van der Waals surface area contributed by atoms with Crippen molar-refractivity contribution in [3.8, 4) is 0 Å². The molecule has 1 aromatic heterocycles. The van der Waals surface area contributed by atoms with Crippen molar-refractivity contribution in [2.45, 2.75) is 31.4 Å². The standard InChI is InChI=1S/C12H20N2O4S/c1-9-7-14(5-4-13(9)3)19(16,17)12-6-11(8-15)18-10(12)2/h6,9,15H,4-5,7-8H2,1-3H3. The maximum Gasteiger partial charge on any atom is 0.246 e. The minimum Gasteiger partial charge on any atom is -0.462 e. The smallest absolute Gasteiger partial charge is 0.246 e. The van der Waals surface area contributed by atoms with E-state index in [2.05, 4.69) is 4.90 Å². The Kier molecular flexibility index (Phi) is 4.00. The first-order valence-electron chi connectivity index (χ1n) is 6.27. The molecule has 0 aromatic carbocycles. The second kappa shape index (κ2) is 5.24. The lowest BCUT2D eigenvalue weighted by molar-refractivity contribution is 0.159. The number of hydrogen-bond acceptors (Lipinski definition) is 5. The van der Waals surface area contributed by atoms with E-state index in [1.54, 1.807) is 6.92 Å². The third kappa shape index (κ3) is 2.69. The second-order valence-corrected chi connectivity index (χ2v) is 6.89. The summed E-state index contributed by atoms with van der Waals surface area (Å²) in [5, 5.41) is 9.02. The molecule has 0 radical (unpaired) electrons. The summed E-state index contributed by atoms with van der Waals surface area (Å²) in [7, 11) is -1.55. The van der Waals surface area contributed by atoms with E-state index in [1.807, 2.05) is 14.0 Å². The molecule has 1 saturated heterocycles. The number of piperazine rings is 1. The molecule has 6 nitrogen and oxygen atoms in total. The largest absolute Gasteiger partial charge is 0.462 e. The normalized spacial score (nSPS) is 22.8. The fourth-order valence-electron chi connectivity index (χ4n) is 2.23. The van der Waals surface area contributed by atoms with Gasteiger partial charge in [0.15, 0.2) is 0 Å². The molecule has 0 amide bonds. The zero-order valence-electron chi connectivity index (χ0n) is 11.5. The molecule has 0 saturated carbocycles. The van der Waals surface area contributed by atoms with Gasteiger partial charge >= 0.3 is 0 Å². The molecule has 2 heterocycles. The summed E-state index contributed by atoms with van der Waals surface area (Å²) in [6.07, 6.45) is 0. The number of nitrogens with zero attached hydrogens (tertiary/aromatic N) is 2. The van der Waals surface area contributed by atoms with Crippen LogP contribution in [-0.2, 0) is 16.6 Å². The predicted octanol–water partition coefficient (Wildman–Crippen LogP) is 0.405. The first kappa shape index (κ1) is 14.5. The van der Waals surface area contributed by atoms with Gasteiger partial charge in [0.2, 0.25) is 10.0 Å². The predicted molar refractivity (Wildman–Crippen MR) is 70.2 cm³/mol. The van der Waals surface area contributed by atoms with E-state index in [-0.39, 0.29) is 23.3 Å². The molecule has 1 fully saturated rings. The molecular weight excluding hydrogens is 268 g/mol. The van der Waals surface area contributed by atoms with E-state index in [1.165, 1.54) is 10.4 Å². The Balaban J connectivity index is 2.29. The lowest BCUT2D eigenvalue weighted by Crippen LogP contribution is -2.51. The van der Waals surface area contributed by atoms with Crippen LogP contribution in [0.1, 0.15) is 18.4 Å². The van der Waals surface area contributed by atoms with Gasteiger partial charge in [-0.15, -0.1) is 0 Å². The van der Waals surface area contributed by atoms with Crippen LogP contribution in [0.2, 0.25) is 0 Å². The molecule has 1 atom stereocenters. The fourth-order valence-corrected chi connectivity index (χ4v) is 3.93. The van der Waals surface area contributed by atoms with Crippen LogP contribution in [0.15, 0.2) is 15.4 Å². The van der Waals surface area contributed by atoms with Gasteiger partial charge in [-0.05, 0) is 20.9 Å². The summed E-state index contributed by atoms with van der Waals surface area (Å²) in [6.45, 7) is 4.97. The lowest BCUT2D eigenvalue weighted by atomic mass is 10.2. The Morgan fingerprint density at radius 3 is 2.68 bits per heavy atom. The van der Waals surface area contributed by atoms with Gasteiger partial charge in [0.25, 0.3) is 0 Å². The molecule has 1 aliphatic heterocycles. The van der Waals surface area contributed by atoms with Crippen molar-refractivity contribution in [3.05, 3.63) is 17.6 Å². The first-order valence-corrected chi connectivity index (χ1v) is 7.71. The molecule has 1 aliphatic rings. The molecule has 0 aliphatic carbocycles. The van der Waals surface area contributed by atoms with Gasteiger partial charge in [0.05, 0.1) is 0 Å². The fraction of sp³-hybridized carbons (Fsp3) is 0.667. The number of sulfonamides is 1. The van der Waals surface area contributed by atoms with Crippen molar-refractivity contribution in [1.29, 1.82) is 0 Å². The quantitative estimate of drug-likeness (QED) is 0.872. The molecule has 19 heavy (non-hydrogen) atoms. The van der Waals surface area contributed by atoms with E-state index in [0.717, 1.165) is 0 Å². The SMILES string of the molecule is Cc1oc(CO)cc1S(=O)(=O)N1CCN(C)C(C)C1. The van der Waals surface area contributed by atoms with Gasteiger partial charge in [0, 0.05) is 31.7 Å². The highest BCUT2D eigenvalue weighted by atomic mass is 32.2. The van der Waals surface area contributed by atoms with Crippen LogP contribution in [0.3, 0.4) is 0 Å². The maximum atomic E-state index is 12.6. The zero-order valence-corrected chi connectivity index (χ0v) is 12.3. The molecule has 0 bridgehead atoms. The van der Waals surface area contributed by atoms with Gasteiger partial charge < -0.3 is 14.4 Å². The van der Waals surface area contributed by atoms with Crippen LogP contribution in [0, 0.1) is 6.92 Å². The summed E-state index contributed by atoms with van der Waals surface area (Å²) in [5.74, 6) is 0.605. The minimum absolute atomic E-state index is 0.160. The van der Waals surface area contributed by atoms with Crippen molar-refractivity contribution in [1.82, 2.24) is 9.21 Å². The van der Waals surface area contributed by atoms with E-state index < -0.39 is 10.0 Å². The van der Waals surface area contributed by atoms with Crippen LogP contribution in [0.4, 0.5) is 0 Å². The highest BCUT2D eigenvalue weighted by molar-refractivity contribution is 7.89. The van der Waals surface area contributed by atoms with Crippen molar-refractivity contribution in [2.75, 3.05) is 26.7 Å². The highest BCUT2D eigenvalue weighted by Gasteiger charge is 2.33. The lowest BCUT2D eigenvalue weighted by Gasteiger charge is -2.36. The van der Waals surface area contributed by atoms with Crippen molar-refractivity contribution in [2.24, 2.45) is 0 Å². The minimum atomic E-state index is -3.54. The summed E-state index contributed by atoms with van der Waals surface area (Å²) in [6, 6.07) is 1.60. The molecule has 1 aromatic rings. The van der Waals surface area contributed by atoms with Gasteiger partial charge in [-0.25, -0.2) is 8.42 Å². The molecular formula is C12H20N2O4S. The van der Waals surface area contributed by atoms with E-state index in [9.17, 15) is 8.42 Å². The summed E-state index contributed by atoms with van der Waals surface area (Å²) >= 11 is 0. The number of aryl methyl sites for hydroxylation is 1. The van der Waals surface area contributed by atoms with E-state index >= 15 is 0 Å². The van der Waals surface area contributed by atoms with Gasteiger partial charge in [0.1, 0.15) is 23.0 Å². The number of furan rings is 1. The van der Waals surface area contributed by atoms with Gasteiger partial charge in [-0.2, -0.15) is 4.31 Å². The number of likely N-dealkylation sites (N-methyl/N-ethyl adjacent to an activating group) is 1. The Morgan fingerprint density at radius 1 is 1.47 bits per heavy atom. The average Bonchev–Trinajstić information content (AvgIpc) is 2.74. The van der Waals surface area contributed by atoms with Crippen molar-refractivity contribution >= 4 is 10.0 Å². The second-order valence-electron chi connectivity index (χ2n) is 4.98. The molecule has 1 unspecified atom stereocenters. The topological polar surface area (TPSA) is 74.0 Å². The third-order valence-corrected chi connectivity index (χ3v) is 5.59. The number of aliphatic hydroxyl groups is 1. The molecule has 1 N–H and O–H groups in total. The van der Waals surface area contributed by atoms with Crippen LogP contribution in [-0.4, -0.2) is 55.5 Å². The Hall–Kier alpha value is -0.890. The Bertz CT molecular complexity index is 552. The monoisotopic (exact) mass is 288 g/mol. The first-order chi connectivity index (χ1) is 8.86. The van der Waals surface area contributed by atoms with Crippen LogP contribution >= 0.6 is 0 Å². The number of hydrogen-bond donors (Lipinski definition) is 1. The van der Waals surface area contributed by atoms with Crippen molar-refractivity contribution in [3.63, 3.8) is 0 Å². The van der Waals surface area contributed by atoms with Crippen molar-refractivity contribution < 1.29 is 17.9 Å². The zero-order chi connectivity index (χ0) is 14.2. The summed E-state index contributed by atoms with van der Waals surface area (Å²) in [5.41, 5.74) is 0. The number of rotatable bonds is 3. The van der Waals surface area contributed by atoms with Gasteiger partial charge in [-0.1, -0.05) is 0 Å². The highest BCUT2D eigenvalue weighted by Crippen LogP contribution is 2.25. The van der Waals surface area contributed by atoms with Crippen LogP contribution in [0.25, 0.3) is 0 Å². The summed E-state index contributed by atoms with van der Waals surface area (Å²) < 4.78 is 31.8. The van der Waals surface area contributed by atoms with Crippen LogP contribution in [0.5, 0.6) is 0 Å². The Labute approximate surface area is 113 Å². The molecule has 108 valence electrons. The third-order valence-electron chi connectivity index (χ3n) is 3.62. The average molecular weight is 288 g/mol. The van der Waals surface area contributed by atoms with Gasteiger partial charge in [-0.3, -0.25) is 0 Å². The summed E-state index contributed by atoms with van der Waals surface area (Å²) in [4.78, 5) is 2.29. The van der Waals surface area contributed by atoms with Crippen LogP contribution < -0.4 is 0 Å². The molecule has 7 heteroatoms. The molecule has 0 spiro atoms. The molecule has 2 rings (SSSR count). The maximum absolute atomic E-state index is 12.6.